The Kier molecular flexibility index (Phi) is 10.3. The molecule has 1 heterocycles. The molecule has 3 rings (SSSR count). The SMILES string of the molecule is COc1cc(NC(=O)NCC(C)C)c(Cl)cc1C(=O)N1CCN(Cc2cccc(C(=O)N=C(C)C)c2)CC1. The first kappa shape index (κ1) is 29.1. The lowest BCUT2D eigenvalue weighted by Crippen LogP contribution is -2.48. The van der Waals surface area contributed by atoms with Crippen molar-refractivity contribution in [2.24, 2.45) is 10.9 Å². The highest BCUT2D eigenvalue weighted by molar-refractivity contribution is 6.34. The Morgan fingerprint density at radius 1 is 1.08 bits per heavy atom. The number of anilines is 1. The lowest BCUT2D eigenvalue weighted by atomic mass is 10.1. The monoisotopic (exact) mass is 541 g/mol. The van der Waals surface area contributed by atoms with Crippen molar-refractivity contribution in [1.82, 2.24) is 15.1 Å². The third kappa shape index (κ3) is 8.03. The number of urea groups is 1. The normalized spacial score (nSPS) is 13.7. The van der Waals surface area contributed by atoms with Crippen LogP contribution in [0.3, 0.4) is 0 Å². The van der Waals surface area contributed by atoms with E-state index in [1.165, 1.54) is 13.2 Å². The quantitative estimate of drug-likeness (QED) is 0.471. The second kappa shape index (κ2) is 13.4. The van der Waals surface area contributed by atoms with E-state index in [4.69, 9.17) is 16.3 Å². The minimum Gasteiger partial charge on any atom is -0.496 e. The topological polar surface area (TPSA) is 103 Å². The first-order valence-electron chi connectivity index (χ1n) is 12.7. The number of halogens is 1. The van der Waals surface area contributed by atoms with E-state index >= 15 is 0 Å². The summed E-state index contributed by atoms with van der Waals surface area (Å²) in [4.78, 5) is 45.8. The summed E-state index contributed by atoms with van der Waals surface area (Å²) in [6, 6.07) is 10.2. The Bertz CT molecular complexity index is 1200. The molecule has 0 radical (unpaired) electrons. The van der Waals surface area contributed by atoms with Gasteiger partial charge in [-0.15, -0.1) is 0 Å². The minimum absolute atomic E-state index is 0.181. The molecule has 0 atom stereocenters. The fraction of sp³-hybridized carbons (Fsp3) is 0.429. The van der Waals surface area contributed by atoms with Crippen molar-refractivity contribution in [3.63, 3.8) is 0 Å². The summed E-state index contributed by atoms with van der Waals surface area (Å²) in [6.45, 7) is 11.2. The highest BCUT2D eigenvalue weighted by atomic mass is 35.5. The van der Waals surface area contributed by atoms with Gasteiger partial charge in [-0.25, -0.2) is 9.79 Å². The Hall–Kier alpha value is -3.43. The maximum absolute atomic E-state index is 13.3. The molecule has 0 spiro atoms. The van der Waals surface area contributed by atoms with E-state index in [0.29, 0.717) is 67.8 Å². The number of nitrogens with zero attached hydrogens (tertiary/aromatic N) is 3. The van der Waals surface area contributed by atoms with Crippen LogP contribution in [0.4, 0.5) is 10.5 Å². The van der Waals surface area contributed by atoms with Crippen LogP contribution in [-0.2, 0) is 6.54 Å². The number of benzene rings is 2. The van der Waals surface area contributed by atoms with Crippen LogP contribution >= 0.6 is 11.6 Å². The van der Waals surface area contributed by atoms with E-state index in [-0.39, 0.29) is 22.9 Å². The molecule has 1 aliphatic heterocycles. The Labute approximate surface area is 229 Å². The molecule has 0 saturated carbocycles. The van der Waals surface area contributed by atoms with Gasteiger partial charge in [0.15, 0.2) is 0 Å². The highest BCUT2D eigenvalue weighted by Gasteiger charge is 2.26. The van der Waals surface area contributed by atoms with Crippen molar-refractivity contribution in [1.29, 1.82) is 0 Å². The number of aliphatic imine (C=N–C) groups is 1. The van der Waals surface area contributed by atoms with Crippen molar-refractivity contribution in [3.05, 3.63) is 58.1 Å². The second-order valence-corrected chi connectivity index (χ2v) is 10.3. The van der Waals surface area contributed by atoms with Gasteiger partial charge in [-0.1, -0.05) is 37.6 Å². The van der Waals surface area contributed by atoms with Crippen LogP contribution < -0.4 is 15.4 Å². The van der Waals surface area contributed by atoms with Gasteiger partial charge in [0.1, 0.15) is 5.75 Å². The number of hydrogen-bond donors (Lipinski definition) is 2. The second-order valence-electron chi connectivity index (χ2n) is 9.89. The van der Waals surface area contributed by atoms with Crippen LogP contribution in [0.5, 0.6) is 5.75 Å². The van der Waals surface area contributed by atoms with Gasteiger partial charge in [0.05, 0.1) is 23.4 Å². The maximum atomic E-state index is 13.3. The smallest absolute Gasteiger partial charge is 0.319 e. The molecule has 4 amide bonds. The number of carbonyl (C=O) groups excluding carboxylic acids is 3. The largest absolute Gasteiger partial charge is 0.496 e. The van der Waals surface area contributed by atoms with E-state index in [1.54, 1.807) is 30.9 Å². The molecule has 2 aromatic carbocycles. The average Bonchev–Trinajstić information content (AvgIpc) is 2.88. The molecule has 2 N–H and O–H groups in total. The zero-order valence-electron chi connectivity index (χ0n) is 22.6. The predicted octanol–water partition coefficient (Wildman–Crippen LogP) is 4.71. The third-order valence-electron chi connectivity index (χ3n) is 6.00. The molecule has 0 bridgehead atoms. The number of piperazine rings is 1. The summed E-state index contributed by atoms with van der Waals surface area (Å²) in [5, 5.41) is 5.74. The van der Waals surface area contributed by atoms with Gasteiger partial charge in [-0.2, -0.15) is 0 Å². The minimum atomic E-state index is -0.374. The van der Waals surface area contributed by atoms with Gasteiger partial charge >= 0.3 is 6.03 Å². The van der Waals surface area contributed by atoms with Gasteiger partial charge in [0, 0.05) is 56.6 Å². The number of rotatable bonds is 8. The van der Waals surface area contributed by atoms with Crippen LogP contribution in [0.15, 0.2) is 41.4 Å². The molecular formula is C28H36ClN5O4. The molecule has 1 aliphatic rings. The average molecular weight is 542 g/mol. The van der Waals surface area contributed by atoms with Crippen molar-refractivity contribution < 1.29 is 19.1 Å². The van der Waals surface area contributed by atoms with Gasteiger partial charge in [0.25, 0.3) is 11.8 Å². The van der Waals surface area contributed by atoms with Crippen LogP contribution in [-0.4, -0.2) is 73.2 Å². The standard InChI is InChI=1S/C28H36ClN5O4/c1-18(2)16-30-28(37)32-24-15-25(38-5)22(14-23(24)29)27(36)34-11-9-33(10-12-34)17-20-7-6-8-21(13-20)26(35)31-19(3)4/h6-8,13-15,18H,9-12,16-17H2,1-5H3,(H2,30,32,37). The lowest BCUT2D eigenvalue weighted by Gasteiger charge is -2.35. The van der Waals surface area contributed by atoms with E-state index < -0.39 is 0 Å². The number of methoxy groups -OCH3 is 1. The molecule has 0 aliphatic carbocycles. The number of carbonyl (C=O) groups is 3. The molecule has 1 fully saturated rings. The van der Waals surface area contributed by atoms with Gasteiger partial charge in [-0.3, -0.25) is 14.5 Å². The fourth-order valence-electron chi connectivity index (χ4n) is 4.06. The summed E-state index contributed by atoms with van der Waals surface area (Å²) < 4.78 is 5.46. The Balaban J connectivity index is 1.62. The molecule has 38 heavy (non-hydrogen) atoms. The third-order valence-corrected chi connectivity index (χ3v) is 6.32. The van der Waals surface area contributed by atoms with Crippen LogP contribution in [0.1, 0.15) is 54.0 Å². The first-order valence-corrected chi connectivity index (χ1v) is 13.0. The molecule has 1 saturated heterocycles. The Morgan fingerprint density at radius 3 is 2.42 bits per heavy atom. The van der Waals surface area contributed by atoms with E-state index in [1.807, 2.05) is 32.0 Å². The van der Waals surface area contributed by atoms with Gasteiger partial charge in [-0.05, 0) is 43.5 Å². The predicted molar refractivity (Wildman–Crippen MR) is 151 cm³/mol. The number of nitrogens with one attached hydrogen (secondary N) is 2. The summed E-state index contributed by atoms with van der Waals surface area (Å²) >= 11 is 6.42. The van der Waals surface area contributed by atoms with E-state index in [0.717, 1.165) is 11.3 Å². The molecule has 0 unspecified atom stereocenters. The maximum Gasteiger partial charge on any atom is 0.319 e. The molecule has 204 valence electrons. The highest BCUT2D eigenvalue weighted by Crippen LogP contribution is 2.32. The summed E-state index contributed by atoms with van der Waals surface area (Å²) in [5.74, 6) is 0.227. The molecular weight excluding hydrogens is 506 g/mol. The zero-order chi connectivity index (χ0) is 27.8. The van der Waals surface area contributed by atoms with Crippen molar-refractivity contribution in [2.45, 2.75) is 34.2 Å². The first-order chi connectivity index (χ1) is 18.1. The van der Waals surface area contributed by atoms with Gasteiger partial charge in [0.2, 0.25) is 0 Å². The Morgan fingerprint density at radius 2 is 1.79 bits per heavy atom. The van der Waals surface area contributed by atoms with Crippen LogP contribution in [0.2, 0.25) is 5.02 Å². The summed E-state index contributed by atoms with van der Waals surface area (Å²) in [5.41, 5.74) is 3.02. The van der Waals surface area contributed by atoms with E-state index in [2.05, 4.69) is 20.5 Å². The van der Waals surface area contributed by atoms with E-state index in [9.17, 15) is 14.4 Å². The van der Waals surface area contributed by atoms with Gasteiger partial charge < -0.3 is 20.3 Å². The molecule has 2 aromatic rings. The van der Waals surface area contributed by atoms with Crippen molar-refractivity contribution in [2.75, 3.05) is 45.2 Å². The molecule has 9 nitrogen and oxygen atoms in total. The summed E-state index contributed by atoms with van der Waals surface area (Å²) in [6.07, 6.45) is 0. The number of ether oxygens (including phenoxy) is 1. The van der Waals surface area contributed by atoms with Crippen molar-refractivity contribution >= 4 is 40.8 Å². The zero-order valence-corrected chi connectivity index (χ0v) is 23.4. The van der Waals surface area contributed by atoms with Crippen molar-refractivity contribution in [3.8, 4) is 5.75 Å². The number of amides is 4. The summed E-state index contributed by atoms with van der Waals surface area (Å²) in [7, 11) is 1.48. The van der Waals surface area contributed by atoms with Crippen LogP contribution in [0.25, 0.3) is 0 Å². The fourth-order valence-corrected chi connectivity index (χ4v) is 4.27. The number of hydrogen-bond acceptors (Lipinski definition) is 5. The lowest BCUT2D eigenvalue weighted by molar-refractivity contribution is 0.0625. The van der Waals surface area contributed by atoms with Crippen LogP contribution in [0, 0.1) is 5.92 Å². The molecule has 0 aromatic heterocycles. The molecule has 10 heteroatoms.